The van der Waals surface area contributed by atoms with Crippen LogP contribution in [0.3, 0.4) is 0 Å². The highest BCUT2D eigenvalue weighted by molar-refractivity contribution is 5.94. The number of esters is 1. The Morgan fingerprint density at radius 2 is 2.07 bits per heavy atom. The highest BCUT2D eigenvalue weighted by Gasteiger charge is 2.14. The number of ether oxygens (including phenoxy) is 1. The minimum absolute atomic E-state index is 0.0515. The highest BCUT2D eigenvalue weighted by atomic mass is 16.5. The monoisotopic (exact) mass is 195 g/mol. The van der Waals surface area contributed by atoms with Gasteiger partial charge in [-0.05, 0) is 12.1 Å². The molecule has 0 saturated carbocycles. The number of rotatable bonds is 2. The molecule has 4 nitrogen and oxygen atoms in total. The number of benzene rings is 1. The molecule has 0 fully saturated rings. The number of hydrogen-bond acceptors (Lipinski definition) is 4. The summed E-state index contributed by atoms with van der Waals surface area (Å²) in [5, 5.41) is 9.72. The van der Waals surface area contributed by atoms with Gasteiger partial charge < -0.3 is 14.7 Å². The number of aromatic hydroxyl groups is 1. The van der Waals surface area contributed by atoms with E-state index in [-0.39, 0.29) is 11.3 Å². The summed E-state index contributed by atoms with van der Waals surface area (Å²) in [7, 11) is 4.86. The predicted molar refractivity (Wildman–Crippen MR) is 53.8 cm³/mol. The quantitative estimate of drug-likeness (QED) is 0.721. The molecule has 0 saturated heterocycles. The van der Waals surface area contributed by atoms with Gasteiger partial charge in [-0.2, -0.15) is 0 Å². The van der Waals surface area contributed by atoms with Crippen LogP contribution in [0.1, 0.15) is 10.4 Å². The van der Waals surface area contributed by atoms with Crippen molar-refractivity contribution in [3.63, 3.8) is 0 Å². The van der Waals surface area contributed by atoms with Gasteiger partial charge in [0.1, 0.15) is 5.56 Å². The lowest BCUT2D eigenvalue weighted by atomic mass is 10.1. The molecule has 0 radical (unpaired) electrons. The van der Waals surface area contributed by atoms with E-state index in [0.29, 0.717) is 5.69 Å². The van der Waals surface area contributed by atoms with Gasteiger partial charge in [-0.3, -0.25) is 0 Å². The van der Waals surface area contributed by atoms with Crippen molar-refractivity contribution in [2.24, 2.45) is 0 Å². The van der Waals surface area contributed by atoms with Crippen LogP contribution in [0.25, 0.3) is 0 Å². The van der Waals surface area contributed by atoms with Crippen LogP contribution >= 0.6 is 0 Å². The van der Waals surface area contributed by atoms with Crippen molar-refractivity contribution in [2.75, 3.05) is 26.1 Å². The second kappa shape index (κ2) is 4.00. The van der Waals surface area contributed by atoms with Gasteiger partial charge >= 0.3 is 5.97 Å². The lowest BCUT2D eigenvalue weighted by Gasteiger charge is -2.15. The van der Waals surface area contributed by atoms with Crippen LogP contribution in [0, 0.1) is 0 Å². The standard InChI is InChI=1S/C10H13NO3/c1-11(2)8-6-4-5-7(9(8)12)10(13)14-3/h4-6,12H,1-3H3. The Kier molecular flexibility index (Phi) is 2.96. The molecule has 0 aromatic heterocycles. The van der Waals surface area contributed by atoms with Crippen LogP contribution < -0.4 is 4.90 Å². The summed E-state index contributed by atoms with van der Waals surface area (Å²) in [6.07, 6.45) is 0. The number of anilines is 1. The summed E-state index contributed by atoms with van der Waals surface area (Å²) in [6, 6.07) is 4.94. The number of hydrogen-bond donors (Lipinski definition) is 1. The molecule has 1 N–H and O–H groups in total. The fourth-order valence-electron chi connectivity index (χ4n) is 1.17. The van der Waals surface area contributed by atoms with Gasteiger partial charge in [0.25, 0.3) is 0 Å². The Morgan fingerprint density at radius 1 is 1.43 bits per heavy atom. The van der Waals surface area contributed by atoms with Crippen molar-refractivity contribution in [1.82, 2.24) is 0 Å². The zero-order valence-electron chi connectivity index (χ0n) is 8.44. The first-order valence-electron chi connectivity index (χ1n) is 4.15. The third kappa shape index (κ3) is 1.79. The second-order valence-electron chi connectivity index (χ2n) is 3.06. The third-order valence-electron chi connectivity index (χ3n) is 1.90. The molecule has 76 valence electrons. The summed E-state index contributed by atoms with van der Waals surface area (Å²) >= 11 is 0. The molecule has 14 heavy (non-hydrogen) atoms. The zero-order chi connectivity index (χ0) is 10.7. The van der Waals surface area contributed by atoms with E-state index < -0.39 is 5.97 Å². The SMILES string of the molecule is COC(=O)c1cccc(N(C)C)c1O. The molecule has 0 bridgehead atoms. The molecule has 0 aliphatic heterocycles. The van der Waals surface area contributed by atoms with Crippen molar-refractivity contribution >= 4 is 11.7 Å². The van der Waals surface area contributed by atoms with Crippen LogP contribution in [0.5, 0.6) is 5.75 Å². The number of phenols is 1. The van der Waals surface area contributed by atoms with Crippen LogP contribution in [-0.4, -0.2) is 32.3 Å². The first-order valence-corrected chi connectivity index (χ1v) is 4.15. The Labute approximate surface area is 82.7 Å². The van der Waals surface area contributed by atoms with Crippen LogP contribution in [-0.2, 0) is 4.74 Å². The van der Waals surface area contributed by atoms with E-state index in [1.165, 1.54) is 13.2 Å². The lowest BCUT2D eigenvalue weighted by molar-refractivity contribution is 0.0597. The minimum atomic E-state index is -0.536. The zero-order valence-corrected chi connectivity index (χ0v) is 8.44. The molecule has 0 amide bonds. The highest BCUT2D eigenvalue weighted by Crippen LogP contribution is 2.29. The maximum atomic E-state index is 11.2. The summed E-state index contributed by atoms with van der Waals surface area (Å²) in [4.78, 5) is 12.9. The fraction of sp³-hybridized carbons (Fsp3) is 0.300. The van der Waals surface area contributed by atoms with Crippen LogP contribution in [0.15, 0.2) is 18.2 Å². The van der Waals surface area contributed by atoms with Crippen molar-refractivity contribution in [3.05, 3.63) is 23.8 Å². The number of carbonyl (C=O) groups excluding carboxylic acids is 1. The molecule has 0 spiro atoms. The number of carbonyl (C=O) groups is 1. The Morgan fingerprint density at radius 3 is 2.57 bits per heavy atom. The van der Waals surface area contributed by atoms with E-state index in [4.69, 9.17) is 0 Å². The normalized spacial score (nSPS) is 9.64. The molecule has 1 aromatic carbocycles. The Hall–Kier alpha value is -1.71. The number of methoxy groups -OCH3 is 1. The maximum Gasteiger partial charge on any atom is 0.341 e. The van der Waals surface area contributed by atoms with Gasteiger partial charge in [0.15, 0.2) is 5.75 Å². The fourth-order valence-corrected chi connectivity index (χ4v) is 1.17. The summed E-state index contributed by atoms with van der Waals surface area (Å²) in [6.45, 7) is 0. The predicted octanol–water partition coefficient (Wildman–Crippen LogP) is 1.24. The smallest absolute Gasteiger partial charge is 0.341 e. The molecule has 0 aliphatic carbocycles. The van der Waals surface area contributed by atoms with E-state index >= 15 is 0 Å². The van der Waals surface area contributed by atoms with E-state index in [1.807, 2.05) is 0 Å². The van der Waals surface area contributed by atoms with Crippen molar-refractivity contribution in [3.8, 4) is 5.75 Å². The van der Waals surface area contributed by atoms with Crippen LogP contribution in [0.2, 0.25) is 0 Å². The molecule has 1 aromatic rings. The van der Waals surface area contributed by atoms with E-state index in [1.54, 1.807) is 31.1 Å². The first kappa shape index (κ1) is 10.4. The molecule has 0 atom stereocenters. The van der Waals surface area contributed by atoms with Gasteiger partial charge in [-0.1, -0.05) is 6.07 Å². The number of para-hydroxylation sites is 1. The van der Waals surface area contributed by atoms with Gasteiger partial charge in [-0.25, -0.2) is 4.79 Å². The van der Waals surface area contributed by atoms with Crippen molar-refractivity contribution < 1.29 is 14.6 Å². The minimum Gasteiger partial charge on any atom is -0.505 e. The van der Waals surface area contributed by atoms with E-state index in [0.717, 1.165) is 0 Å². The average Bonchev–Trinajstić information content (AvgIpc) is 2.16. The average molecular weight is 195 g/mol. The van der Waals surface area contributed by atoms with Crippen LogP contribution in [0.4, 0.5) is 5.69 Å². The van der Waals surface area contributed by atoms with Gasteiger partial charge in [0.05, 0.1) is 12.8 Å². The van der Waals surface area contributed by atoms with Gasteiger partial charge in [-0.15, -0.1) is 0 Å². The first-order chi connectivity index (χ1) is 6.57. The third-order valence-corrected chi connectivity index (χ3v) is 1.90. The second-order valence-corrected chi connectivity index (χ2v) is 3.06. The molecule has 0 aliphatic rings. The van der Waals surface area contributed by atoms with Crippen molar-refractivity contribution in [2.45, 2.75) is 0 Å². The topological polar surface area (TPSA) is 49.8 Å². The Balaban J connectivity index is 3.20. The number of phenolic OH excluding ortho intramolecular Hbond substituents is 1. The van der Waals surface area contributed by atoms with Crippen molar-refractivity contribution in [1.29, 1.82) is 0 Å². The number of nitrogens with zero attached hydrogens (tertiary/aromatic N) is 1. The Bertz CT molecular complexity index is 347. The van der Waals surface area contributed by atoms with Gasteiger partial charge in [0.2, 0.25) is 0 Å². The van der Waals surface area contributed by atoms with E-state index in [9.17, 15) is 9.90 Å². The molecule has 4 heteroatoms. The van der Waals surface area contributed by atoms with E-state index in [2.05, 4.69) is 4.74 Å². The molecular weight excluding hydrogens is 182 g/mol. The molecule has 0 heterocycles. The molecule has 0 unspecified atom stereocenters. The summed E-state index contributed by atoms with van der Waals surface area (Å²) < 4.78 is 4.53. The maximum absolute atomic E-state index is 11.2. The van der Waals surface area contributed by atoms with Gasteiger partial charge in [0, 0.05) is 14.1 Å². The molecular formula is C10H13NO3. The summed E-state index contributed by atoms with van der Waals surface area (Å²) in [5.41, 5.74) is 0.770. The summed E-state index contributed by atoms with van der Waals surface area (Å²) in [5.74, 6) is -0.587. The lowest BCUT2D eigenvalue weighted by Crippen LogP contribution is -2.11. The largest absolute Gasteiger partial charge is 0.505 e. The molecule has 1 rings (SSSR count).